The maximum absolute atomic E-state index is 12.3. The minimum atomic E-state index is -0.389. The highest BCUT2D eigenvalue weighted by Gasteiger charge is 2.36. The molecule has 20 heavy (non-hydrogen) atoms. The molecular weight excluding hydrogens is 264 g/mol. The Labute approximate surface area is 120 Å². The predicted molar refractivity (Wildman–Crippen MR) is 74.1 cm³/mol. The number of likely N-dealkylation sites (N-methyl/N-ethyl adjacent to an activating group) is 1. The Morgan fingerprint density at radius 2 is 2.05 bits per heavy atom. The molecule has 0 aromatic carbocycles. The molecule has 2 N–H and O–H groups in total. The summed E-state index contributed by atoms with van der Waals surface area (Å²) in [5.41, 5.74) is 0. The standard InChI is InChI=1S/C12H22N2O3.CH4O2/c1-4-6-9(13-2)11(15)14-8-5-7-10(14)12(16)17-3;1-3-2/h9-10,13H,4-8H2,1-3H3;2H,1H3/t9?,10-;/m0./s1. The summed E-state index contributed by atoms with van der Waals surface area (Å²) in [6.07, 6.45) is 3.31. The predicted octanol–water partition coefficient (Wildman–Crippen LogP) is 0.644. The number of hydrogen-bond acceptors (Lipinski definition) is 6. The van der Waals surface area contributed by atoms with Crippen LogP contribution >= 0.6 is 0 Å². The van der Waals surface area contributed by atoms with Gasteiger partial charge in [0.2, 0.25) is 5.91 Å². The molecule has 118 valence electrons. The quantitative estimate of drug-likeness (QED) is 0.439. The van der Waals surface area contributed by atoms with Crippen LogP contribution in [0.2, 0.25) is 0 Å². The summed E-state index contributed by atoms with van der Waals surface area (Å²) in [5, 5.41) is 10.1. The van der Waals surface area contributed by atoms with E-state index in [2.05, 4.69) is 10.2 Å². The van der Waals surface area contributed by atoms with Crippen LogP contribution in [0.5, 0.6) is 0 Å². The second-order valence-electron chi connectivity index (χ2n) is 4.53. The molecule has 1 heterocycles. The van der Waals surface area contributed by atoms with Crippen LogP contribution in [0.15, 0.2) is 0 Å². The number of ether oxygens (including phenoxy) is 1. The van der Waals surface area contributed by atoms with Crippen LogP contribution in [0.25, 0.3) is 0 Å². The van der Waals surface area contributed by atoms with E-state index >= 15 is 0 Å². The number of amides is 1. The largest absolute Gasteiger partial charge is 0.467 e. The van der Waals surface area contributed by atoms with E-state index in [-0.39, 0.29) is 24.0 Å². The molecule has 0 aromatic rings. The number of methoxy groups -OCH3 is 1. The van der Waals surface area contributed by atoms with Crippen LogP contribution in [0.3, 0.4) is 0 Å². The normalized spacial score (nSPS) is 19.1. The number of likely N-dealkylation sites (tertiary alicyclic amines) is 1. The second kappa shape index (κ2) is 10.6. The number of esters is 1. The van der Waals surface area contributed by atoms with Gasteiger partial charge in [0, 0.05) is 6.54 Å². The first-order valence-corrected chi connectivity index (χ1v) is 6.80. The van der Waals surface area contributed by atoms with Gasteiger partial charge in [-0.1, -0.05) is 13.3 Å². The van der Waals surface area contributed by atoms with Crippen molar-refractivity contribution in [2.24, 2.45) is 0 Å². The maximum Gasteiger partial charge on any atom is 0.328 e. The van der Waals surface area contributed by atoms with Gasteiger partial charge in [-0.15, -0.1) is 0 Å². The van der Waals surface area contributed by atoms with E-state index in [1.807, 2.05) is 6.92 Å². The molecule has 0 bridgehead atoms. The summed E-state index contributed by atoms with van der Waals surface area (Å²) in [4.78, 5) is 28.7. The van der Waals surface area contributed by atoms with Crippen LogP contribution in [0.1, 0.15) is 32.6 Å². The molecule has 0 aromatic heterocycles. The molecule has 1 fully saturated rings. The van der Waals surface area contributed by atoms with Gasteiger partial charge in [0.15, 0.2) is 0 Å². The van der Waals surface area contributed by atoms with Crippen molar-refractivity contribution in [2.75, 3.05) is 27.8 Å². The van der Waals surface area contributed by atoms with E-state index in [0.717, 1.165) is 19.3 Å². The molecule has 1 aliphatic rings. The zero-order valence-electron chi connectivity index (χ0n) is 12.7. The highest BCUT2D eigenvalue weighted by atomic mass is 17.1. The molecule has 1 amide bonds. The van der Waals surface area contributed by atoms with Crippen molar-refractivity contribution in [3.05, 3.63) is 0 Å². The molecule has 7 heteroatoms. The number of nitrogens with zero attached hydrogens (tertiary/aromatic N) is 1. The number of rotatable bonds is 5. The number of carbonyl (C=O) groups is 2. The third kappa shape index (κ3) is 5.44. The van der Waals surface area contributed by atoms with Crippen molar-refractivity contribution in [3.63, 3.8) is 0 Å². The second-order valence-corrected chi connectivity index (χ2v) is 4.53. The molecule has 1 unspecified atom stereocenters. The van der Waals surface area contributed by atoms with Gasteiger partial charge in [-0.2, -0.15) is 0 Å². The molecule has 0 spiro atoms. The summed E-state index contributed by atoms with van der Waals surface area (Å²) in [6, 6.07) is -0.578. The SMILES string of the molecule is CCCC(NC)C(=O)N1CCC[C@H]1C(=O)OC.COO. The highest BCUT2D eigenvalue weighted by molar-refractivity contribution is 5.88. The van der Waals surface area contributed by atoms with E-state index in [1.54, 1.807) is 11.9 Å². The van der Waals surface area contributed by atoms with E-state index < -0.39 is 0 Å². The number of carbonyl (C=O) groups excluding carboxylic acids is 2. The summed E-state index contributed by atoms with van der Waals surface area (Å²) < 4.78 is 4.73. The smallest absolute Gasteiger partial charge is 0.328 e. The van der Waals surface area contributed by atoms with Crippen molar-refractivity contribution in [2.45, 2.75) is 44.7 Å². The third-order valence-electron chi connectivity index (χ3n) is 3.23. The van der Waals surface area contributed by atoms with Crippen molar-refractivity contribution < 1.29 is 24.5 Å². The Morgan fingerprint density at radius 1 is 1.45 bits per heavy atom. The summed E-state index contributed by atoms with van der Waals surface area (Å²) >= 11 is 0. The van der Waals surface area contributed by atoms with Gasteiger partial charge < -0.3 is 15.0 Å². The third-order valence-corrected chi connectivity index (χ3v) is 3.23. The highest BCUT2D eigenvalue weighted by Crippen LogP contribution is 2.20. The maximum atomic E-state index is 12.3. The van der Waals surface area contributed by atoms with E-state index in [0.29, 0.717) is 13.0 Å². The molecule has 2 atom stereocenters. The van der Waals surface area contributed by atoms with Crippen LogP contribution in [-0.4, -0.2) is 61.9 Å². The first-order valence-electron chi connectivity index (χ1n) is 6.80. The van der Waals surface area contributed by atoms with E-state index in [4.69, 9.17) is 9.99 Å². The van der Waals surface area contributed by atoms with Gasteiger partial charge in [-0.3, -0.25) is 10.1 Å². The Bertz CT molecular complexity index is 298. The topological polar surface area (TPSA) is 88.1 Å². The monoisotopic (exact) mass is 290 g/mol. The number of nitrogens with one attached hydrogen (secondary N) is 1. The summed E-state index contributed by atoms with van der Waals surface area (Å²) in [6.45, 7) is 2.69. The van der Waals surface area contributed by atoms with Crippen LogP contribution in [0, 0.1) is 0 Å². The van der Waals surface area contributed by atoms with E-state index in [9.17, 15) is 9.59 Å². The van der Waals surface area contributed by atoms with E-state index in [1.165, 1.54) is 14.2 Å². The van der Waals surface area contributed by atoms with Crippen LogP contribution in [-0.2, 0) is 19.2 Å². The van der Waals surface area contributed by atoms with Gasteiger partial charge in [0.1, 0.15) is 6.04 Å². The molecule has 0 saturated carbocycles. The van der Waals surface area contributed by atoms with Crippen LogP contribution in [0.4, 0.5) is 0 Å². The minimum Gasteiger partial charge on any atom is -0.467 e. The lowest BCUT2D eigenvalue weighted by molar-refractivity contribution is -0.214. The average Bonchev–Trinajstić information content (AvgIpc) is 2.93. The lowest BCUT2D eigenvalue weighted by Crippen LogP contribution is -2.49. The zero-order valence-corrected chi connectivity index (χ0v) is 12.7. The minimum absolute atomic E-state index is 0.0160. The van der Waals surface area contributed by atoms with Crippen LogP contribution < -0.4 is 5.32 Å². The Balaban J connectivity index is 0.00000110. The van der Waals surface area contributed by atoms with Crippen molar-refractivity contribution in [1.29, 1.82) is 0 Å². The number of hydrogen-bond donors (Lipinski definition) is 2. The Kier molecular flexibility index (Phi) is 9.96. The summed E-state index contributed by atoms with van der Waals surface area (Å²) in [7, 11) is 4.33. The van der Waals surface area contributed by atoms with Crippen molar-refractivity contribution >= 4 is 11.9 Å². The lowest BCUT2D eigenvalue weighted by Gasteiger charge is -2.27. The fourth-order valence-electron chi connectivity index (χ4n) is 2.29. The Hall–Kier alpha value is -1.18. The van der Waals surface area contributed by atoms with Gasteiger partial charge in [0.05, 0.1) is 20.3 Å². The fourth-order valence-corrected chi connectivity index (χ4v) is 2.29. The van der Waals surface area contributed by atoms with Gasteiger partial charge in [-0.05, 0) is 26.3 Å². The molecular formula is C13H26N2O5. The van der Waals surface area contributed by atoms with Crippen molar-refractivity contribution in [1.82, 2.24) is 10.2 Å². The lowest BCUT2D eigenvalue weighted by atomic mass is 10.1. The molecule has 1 saturated heterocycles. The summed E-state index contributed by atoms with van der Waals surface area (Å²) in [5.74, 6) is -0.288. The fraction of sp³-hybridized carbons (Fsp3) is 0.846. The van der Waals surface area contributed by atoms with Gasteiger partial charge >= 0.3 is 5.97 Å². The molecule has 1 rings (SSSR count). The molecule has 0 radical (unpaired) electrons. The molecule has 0 aliphatic carbocycles. The first-order chi connectivity index (χ1) is 9.56. The Morgan fingerprint density at radius 3 is 2.50 bits per heavy atom. The average molecular weight is 290 g/mol. The van der Waals surface area contributed by atoms with Gasteiger partial charge in [0.25, 0.3) is 0 Å². The molecule has 1 aliphatic heterocycles. The van der Waals surface area contributed by atoms with Gasteiger partial charge in [-0.25, -0.2) is 9.68 Å². The van der Waals surface area contributed by atoms with Crippen molar-refractivity contribution in [3.8, 4) is 0 Å². The molecule has 7 nitrogen and oxygen atoms in total. The zero-order chi connectivity index (χ0) is 15.5. The first kappa shape index (κ1) is 18.8.